The van der Waals surface area contributed by atoms with E-state index in [0.29, 0.717) is 0 Å². The van der Waals surface area contributed by atoms with Crippen molar-refractivity contribution in [3.63, 3.8) is 0 Å². The van der Waals surface area contributed by atoms with Crippen LogP contribution in [-0.2, 0) is 36.4 Å². The molecule has 16 heavy (non-hydrogen) atoms. The van der Waals surface area contributed by atoms with E-state index >= 15 is 0 Å². The van der Waals surface area contributed by atoms with E-state index in [-0.39, 0.29) is 0 Å². The molecule has 0 heterocycles. The average Bonchev–Trinajstić information content (AvgIpc) is 2.00. The van der Waals surface area contributed by atoms with E-state index in [1.54, 1.807) is 0 Å². The number of nitrogens with two attached hydrogens (primary N) is 2. The van der Waals surface area contributed by atoms with Gasteiger partial charge in [0.1, 0.15) is 0 Å². The second-order valence-corrected chi connectivity index (χ2v) is 6.76. The van der Waals surface area contributed by atoms with Crippen molar-refractivity contribution in [2.24, 2.45) is 11.5 Å². The van der Waals surface area contributed by atoms with Gasteiger partial charge < -0.3 is 0 Å². The molecule has 2 unspecified atom stereocenters. The van der Waals surface area contributed by atoms with Gasteiger partial charge in [-0.15, -0.1) is 0 Å². The summed E-state index contributed by atoms with van der Waals surface area (Å²) in [5, 5.41) is 0. The van der Waals surface area contributed by atoms with Crippen molar-refractivity contribution in [2.75, 3.05) is 0 Å². The summed E-state index contributed by atoms with van der Waals surface area (Å²) in [7, 11) is 0. The molecule has 0 aromatic heterocycles. The van der Waals surface area contributed by atoms with Gasteiger partial charge in [-0.3, -0.25) is 0 Å². The molecule has 0 saturated heterocycles. The van der Waals surface area contributed by atoms with Crippen molar-refractivity contribution in [1.82, 2.24) is 0 Å². The van der Waals surface area contributed by atoms with Crippen LogP contribution in [0.4, 0.5) is 0 Å². The van der Waals surface area contributed by atoms with Gasteiger partial charge in [0, 0.05) is 0 Å². The molecule has 2 amide bonds. The summed E-state index contributed by atoms with van der Waals surface area (Å²) in [5.41, 5.74) is 9.50. The third-order valence-corrected chi connectivity index (χ3v) is 3.92. The maximum absolute atomic E-state index is 11.4. The molecule has 0 saturated carbocycles. The Labute approximate surface area is 93.4 Å². The van der Waals surface area contributed by atoms with Crippen LogP contribution in [0.15, 0.2) is 0 Å². The zero-order chi connectivity index (χ0) is 13.2. The van der Waals surface area contributed by atoms with Crippen LogP contribution in [0.25, 0.3) is 0 Å². The van der Waals surface area contributed by atoms with Gasteiger partial charge in [-0.05, 0) is 0 Å². The fourth-order valence-corrected chi connectivity index (χ4v) is 3.09. The summed E-state index contributed by atoms with van der Waals surface area (Å²) in [6, 6.07) is 0. The van der Waals surface area contributed by atoms with E-state index in [9.17, 15) is 12.9 Å². The topological polar surface area (TPSA) is 162 Å². The number of hydrogen-bond acceptors (Lipinski definition) is 5. The molecule has 0 aromatic rings. The SMILES string of the molecule is CC([O][Ti](=[O])([OH])([OH])[O]C(C)C(N)=O)C(N)=O. The van der Waals surface area contributed by atoms with Crippen molar-refractivity contribution in [2.45, 2.75) is 26.1 Å². The van der Waals surface area contributed by atoms with E-state index in [2.05, 4.69) is 6.64 Å². The molecular weight excluding hydrogens is 260 g/mol. The van der Waals surface area contributed by atoms with Gasteiger partial charge in [0.05, 0.1) is 0 Å². The second-order valence-electron chi connectivity index (χ2n) is 3.22. The average molecular weight is 274 g/mol. The standard InChI is InChI=1S/2C3H6NO2.2H2O.O.Ti/c2*1-2(5)3(4)6;;;;/h2*2H,1H3,(H2,4,6);2*1H2;;/q2*-1;;;;+4/p-2. The van der Waals surface area contributed by atoms with Crippen LogP contribution in [0.5, 0.6) is 0 Å². The predicted molar refractivity (Wildman–Crippen MR) is 44.6 cm³/mol. The molecule has 0 spiro atoms. The third-order valence-electron chi connectivity index (χ3n) is 1.56. The number of hydrogen-bond donors (Lipinski definition) is 4. The summed E-state index contributed by atoms with van der Waals surface area (Å²) in [5.74, 6) is -2.16. The van der Waals surface area contributed by atoms with Gasteiger partial charge in [0.15, 0.2) is 0 Å². The molecule has 0 aliphatic rings. The molecule has 0 fully saturated rings. The van der Waals surface area contributed by atoms with Gasteiger partial charge in [0.2, 0.25) is 0 Å². The number of primary amides is 2. The van der Waals surface area contributed by atoms with Crippen LogP contribution >= 0.6 is 0 Å². The molecule has 0 rings (SSSR count). The van der Waals surface area contributed by atoms with Crippen molar-refractivity contribution in [1.29, 1.82) is 0 Å². The van der Waals surface area contributed by atoms with Crippen LogP contribution in [0, 0.1) is 0 Å². The molecule has 94 valence electrons. The summed E-state index contributed by atoms with van der Waals surface area (Å²) >= 11 is -6.98. The number of rotatable bonds is 6. The minimum absolute atomic E-state index is 1.04. The molecule has 0 aliphatic heterocycles. The van der Waals surface area contributed by atoms with Gasteiger partial charge in [-0.1, -0.05) is 0 Å². The predicted octanol–water partition coefficient (Wildman–Crippen LogP) is -2.55. The first kappa shape index (κ1) is 15.3. The molecular formula is C6H14N2O7Ti. The first-order valence-electron chi connectivity index (χ1n) is 4.25. The molecule has 0 aliphatic carbocycles. The molecule has 10 heteroatoms. The maximum atomic E-state index is 11.4. The summed E-state index contributed by atoms with van der Waals surface area (Å²) in [6.07, 6.45) is -3.10. The Morgan fingerprint density at radius 3 is 1.50 bits per heavy atom. The van der Waals surface area contributed by atoms with Crippen LogP contribution < -0.4 is 11.5 Å². The van der Waals surface area contributed by atoms with Crippen LogP contribution in [-0.4, -0.2) is 31.4 Å². The molecule has 6 N–H and O–H groups in total. The monoisotopic (exact) mass is 274 g/mol. The van der Waals surface area contributed by atoms with Crippen molar-refractivity contribution in [3.05, 3.63) is 0 Å². The first-order valence-corrected chi connectivity index (χ1v) is 7.56. The third kappa shape index (κ3) is 5.40. The Morgan fingerprint density at radius 1 is 1.06 bits per heavy atom. The van der Waals surface area contributed by atoms with Crippen molar-refractivity contribution in [3.8, 4) is 0 Å². The van der Waals surface area contributed by atoms with E-state index in [1.165, 1.54) is 0 Å². The number of amides is 2. The molecule has 0 bridgehead atoms. The summed E-state index contributed by atoms with van der Waals surface area (Å²) in [6.45, 7) is 2.07. The van der Waals surface area contributed by atoms with E-state index in [4.69, 9.17) is 18.8 Å². The van der Waals surface area contributed by atoms with Gasteiger partial charge in [-0.25, -0.2) is 0 Å². The van der Waals surface area contributed by atoms with Gasteiger partial charge in [0.25, 0.3) is 0 Å². The number of carbonyl (C=O) groups is 2. The Kier molecular flexibility index (Phi) is 4.45. The molecule has 0 radical (unpaired) electrons. The van der Waals surface area contributed by atoms with Gasteiger partial charge in [-0.2, -0.15) is 0 Å². The van der Waals surface area contributed by atoms with Crippen LogP contribution in [0.1, 0.15) is 13.8 Å². The van der Waals surface area contributed by atoms with Crippen LogP contribution in [0.2, 0.25) is 0 Å². The molecule has 0 aromatic carbocycles. The zero-order valence-corrected chi connectivity index (χ0v) is 10.3. The van der Waals surface area contributed by atoms with Gasteiger partial charge >= 0.3 is 93.1 Å². The Hall–Kier alpha value is -0.706. The zero-order valence-electron chi connectivity index (χ0n) is 8.75. The van der Waals surface area contributed by atoms with E-state index in [0.717, 1.165) is 13.8 Å². The fraction of sp³-hybridized carbons (Fsp3) is 0.667. The quantitative estimate of drug-likeness (QED) is 0.387. The van der Waals surface area contributed by atoms with Crippen LogP contribution in [0.3, 0.4) is 0 Å². The van der Waals surface area contributed by atoms with E-state index in [1.807, 2.05) is 0 Å². The number of carbonyl (C=O) groups excluding carboxylic acids is 2. The van der Waals surface area contributed by atoms with Crippen molar-refractivity contribution < 1.29 is 43.8 Å². The fourth-order valence-electron chi connectivity index (χ4n) is 0.749. The summed E-state index contributed by atoms with van der Waals surface area (Å²) in [4.78, 5) is 21.1. The minimum atomic E-state index is -6.98. The van der Waals surface area contributed by atoms with Crippen molar-refractivity contribution >= 4 is 11.8 Å². The summed E-state index contributed by atoms with van der Waals surface area (Å²) < 4.78 is 38.0. The molecule has 9 nitrogen and oxygen atoms in total. The Balaban J connectivity index is 4.78. The normalized spacial score (nSPS) is 16.6. The first-order chi connectivity index (χ1) is 6.92. The molecule has 2 atom stereocenters. The Morgan fingerprint density at radius 2 is 1.31 bits per heavy atom. The Bertz CT molecular complexity index is 334. The van der Waals surface area contributed by atoms with E-state index < -0.39 is 40.9 Å². The second kappa shape index (κ2) is 4.66.